The third-order valence-corrected chi connectivity index (χ3v) is 5.96. The highest BCUT2D eigenvalue weighted by Crippen LogP contribution is 2.26. The van der Waals surface area contributed by atoms with E-state index in [-0.39, 0.29) is 17.4 Å². The highest BCUT2D eigenvalue weighted by Gasteiger charge is 2.22. The molecule has 1 atom stereocenters. The minimum Gasteiger partial charge on any atom is -0.300 e. The number of nitrogens with zero attached hydrogens (tertiary/aromatic N) is 4. The van der Waals surface area contributed by atoms with Crippen LogP contribution in [0, 0.1) is 5.82 Å². The Hall–Kier alpha value is -3.24. The average Bonchev–Trinajstić information content (AvgIpc) is 3.19. The second-order valence-corrected chi connectivity index (χ2v) is 8.54. The summed E-state index contributed by atoms with van der Waals surface area (Å²) in [6.07, 6.45) is 0.862. The number of amides is 2. The van der Waals surface area contributed by atoms with Crippen LogP contribution in [0.2, 0.25) is 0 Å². The van der Waals surface area contributed by atoms with Crippen molar-refractivity contribution in [2.75, 3.05) is 19.8 Å². The van der Waals surface area contributed by atoms with E-state index in [0.717, 1.165) is 17.8 Å². The third-order valence-electron chi connectivity index (χ3n) is 4.99. The van der Waals surface area contributed by atoms with Crippen LogP contribution < -0.4 is 10.9 Å². The molecule has 0 bridgehead atoms. The van der Waals surface area contributed by atoms with E-state index in [1.807, 2.05) is 49.0 Å². The van der Waals surface area contributed by atoms with Gasteiger partial charge in [0.2, 0.25) is 5.91 Å². The molecule has 2 aromatic carbocycles. The lowest BCUT2D eigenvalue weighted by molar-refractivity contribution is -0.119. The Morgan fingerprint density at radius 2 is 1.76 bits per heavy atom. The van der Waals surface area contributed by atoms with Crippen LogP contribution in [0.5, 0.6) is 0 Å². The summed E-state index contributed by atoms with van der Waals surface area (Å²) >= 11 is 1.24. The smallest absolute Gasteiger partial charge is 0.269 e. The molecule has 8 nitrogen and oxygen atoms in total. The molecule has 10 heteroatoms. The van der Waals surface area contributed by atoms with E-state index in [2.05, 4.69) is 32.9 Å². The van der Waals surface area contributed by atoms with E-state index in [4.69, 9.17) is 0 Å². The topological polar surface area (TPSA) is 92.1 Å². The zero-order chi connectivity index (χ0) is 23.8. The first-order valence-corrected chi connectivity index (χ1v) is 11.5. The van der Waals surface area contributed by atoms with Gasteiger partial charge in [-0.1, -0.05) is 49.0 Å². The molecule has 1 heterocycles. The maximum Gasteiger partial charge on any atom is 0.269 e. The van der Waals surface area contributed by atoms with Gasteiger partial charge in [-0.3, -0.25) is 25.3 Å². The number of nitrogens with one attached hydrogen (secondary N) is 2. The molecule has 174 valence electrons. The van der Waals surface area contributed by atoms with Crippen LogP contribution in [0.15, 0.2) is 59.8 Å². The number of hydrazine groups is 1. The van der Waals surface area contributed by atoms with Crippen LogP contribution >= 0.6 is 11.8 Å². The van der Waals surface area contributed by atoms with Gasteiger partial charge in [0.05, 0.1) is 18.3 Å². The first kappa shape index (κ1) is 24.4. The number of carbonyl (C=O) groups is 2. The Bertz CT molecular complexity index is 1070. The van der Waals surface area contributed by atoms with Crippen LogP contribution in [0.4, 0.5) is 4.39 Å². The lowest BCUT2D eigenvalue weighted by atomic mass is 10.2. The van der Waals surface area contributed by atoms with Gasteiger partial charge in [-0.25, -0.2) is 4.39 Å². The molecule has 3 rings (SSSR count). The Balaban J connectivity index is 1.66. The highest BCUT2D eigenvalue weighted by molar-refractivity contribution is 7.99. The normalized spacial score (nSPS) is 11.9. The fourth-order valence-corrected chi connectivity index (χ4v) is 4.06. The zero-order valence-electron chi connectivity index (χ0n) is 18.8. The number of rotatable bonds is 9. The van der Waals surface area contributed by atoms with Crippen molar-refractivity contribution in [2.45, 2.75) is 31.1 Å². The summed E-state index contributed by atoms with van der Waals surface area (Å²) in [5.74, 6) is -0.495. The van der Waals surface area contributed by atoms with Gasteiger partial charge < -0.3 is 4.57 Å². The fraction of sp³-hybridized carbons (Fsp3) is 0.304. The monoisotopic (exact) mass is 470 g/mol. The van der Waals surface area contributed by atoms with Crippen LogP contribution in [0.3, 0.4) is 0 Å². The van der Waals surface area contributed by atoms with Gasteiger partial charge in [0, 0.05) is 5.56 Å². The molecule has 0 aliphatic rings. The maximum absolute atomic E-state index is 13.0. The molecule has 3 aromatic rings. The van der Waals surface area contributed by atoms with E-state index >= 15 is 0 Å². The van der Waals surface area contributed by atoms with Gasteiger partial charge in [0.1, 0.15) is 5.82 Å². The first-order valence-electron chi connectivity index (χ1n) is 10.5. The van der Waals surface area contributed by atoms with Crippen molar-refractivity contribution in [1.29, 1.82) is 0 Å². The van der Waals surface area contributed by atoms with Crippen molar-refractivity contribution in [1.82, 2.24) is 30.5 Å². The summed E-state index contributed by atoms with van der Waals surface area (Å²) in [5, 5.41) is 9.37. The minimum absolute atomic E-state index is 0.0371. The molecule has 1 aromatic heterocycles. The summed E-state index contributed by atoms with van der Waals surface area (Å²) in [7, 11) is 4.00. The van der Waals surface area contributed by atoms with E-state index < -0.39 is 17.6 Å². The second-order valence-electron chi connectivity index (χ2n) is 7.60. The van der Waals surface area contributed by atoms with E-state index in [1.54, 1.807) is 0 Å². The quantitative estimate of drug-likeness (QED) is 0.369. The molecule has 2 amide bonds. The van der Waals surface area contributed by atoms with Gasteiger partial charge in [0.15, 0.2) is 11.0 Å². The van der Waals surface area contributed by atoms with Crippen LogP contribution in [0.1, 0.15) is 41.1 Å². The van der Waals surface area contributed by atoms with Crippen molar-refractivity contribution in [3.05, 3.63) is 77.4 Å². The molecular weight excluding hydrogens is 443 g/mol. The number of hydrogen-bond acceptors (Lipinski definition) is 6. The summed E-state index contributed by atoms with van der Waals surface area (Å²) < 4.78 is 15.0. The van der Waals surface area contributed by atoms with Crippen molar-refractivity contribution in [3.63, 3.8) is 0 Å². The van der Waals surface area contributed by atoms with Gasteiger partial charge in [0.25, 0.3) is 5.91 Å². The number of halogens is 1. The van der Waals surface area contributed by atoms with E-state index in [1.165, 1.54) is 36.0 Å². The van der Waals surface area contributed by atoms with E-state index in [0.29, 0.717) is 11.7 Å². The predicted octanol–water partition coefficient (Wildman–Crippen LogP) is 3.03. The van der Waals surface area contributed by atoms with Crippen molar-refractivity contribution in [3.8, 4) is 0 Å². The molecule has 1 unspecified atom stereocenters. The Morgan fingerprint density at radius 3 is 2.39 bits per heavy atom. The largest absolute Gasteiger partial charge is 0.300 e. The third kappa shape index (κ3) is 6.62. The zero-order valence-corrected chi connectivity index (χ0v) is 19.6. The number of aromatic nitrogens is 3. The number of benzene rings is 2. The Kier molecular flexibility index (Phi) is 8.56. The molecule has 0 fully saturated rings. The molecule has 0 aliphatic carbocycles. The van der Waals surface area contributed by atoms with Gasteiger partial charge in [-0.05, 0) is 50.3 Å². The lowest BCUT2D eigenvalue weighted by Crippen LogP contribution is -2.42. The molecule has 2 N–H and O–H groups in total. The minimum atomic E-state index is -0.528. The highest BCUT2D eigenvalue weighted by atomic mass is 32.2. The average molecular weight is 471 g/mol. The Morgan fingerprint density at radius 1 is 1.06 bits per heavy atom. The van der Waals surface area contributed by atoms with E-state index in [9.17, 15) is 14.0 Å². The molecular formula is C23H27FN6O2S. The SMILES string of the molecule is CCC(c1nnc(SCC(=O)NNC(=O)c2ccc(F)cc2)n1Cc1ccccc1)N(C)C. The molecule has 0 saturated carbocycles. The number of carbonyl (C=O) groups excluding carboxylic acids is 2. The Labute approximate surface area is 196 Å². The predicted molar refractivity (Wildman–Crippen MR) is 125 cm³/mol. The second kappa shape index (κ2) is 11.6. The maximum atomic E-state index is 13.0. The van der Waals surface area contributed by atoms with Crippen LogP contribution in [0.25, 0.3) is 0 Å². The van der Waals surface area contributed by atoms with Gasteiger partial charge >= 0.3 is 0 Å². The van der Waals surface area contributed by atoms with Crippen LogP contribution in [-0.2, 0) is 11.3 Å². The first-order chi connectivity index (χ1) is 15.9. The lowest BCUT2D eigenvalue weighted by Gasteiger charge is -2.23. The summed E-state index contributed by atoms with van der Waals surface area (Å²) in [6, 6.07) is 15.1. The van der Waals surface area contributed by atoms with Gasteiger partial charge in [-0.15, -0.1) is 10.2 Å². The molecule has 0 aliphatic heterocycles. The standard InChI is InChI=1S/C23H27FN6O2S/c1-4-19(29(2)3)21-26-28-23(30(21)14-16-8-6-5-7-9-16)33-15-20(31)25-27-22(32)17-10-12-18(24)13-11-17/h5-13,19H,4,14-15H2,1-3H3,(H,25,31)(H,27,32). The number of hydrogen-bond donors (Lipinski definition) is 2. The molecule has 0 spiro atoms. The fourth-order valence-electron chi connectivity index (χ4n) is 3.31. The molecule has 0 radical (unpaired) electrons. The molecule has 33 heavy (non-hydrogen) atoms. The summed E-state index contributed by atoms with van der Waals surface area (Å²) in [6.45, 7) is 2.68. The summed E-state index contributed by atoms with van der Waals surface area (Å²) in [4.78, 5) is 26.5. The molecule has 0 saturated heterocycles. The van der Waals surface area contributed by atoms with Gasteiger partial charge in [-0.2, -0.15) is 0 Å². The van der Waals surface area contributed by atoms with Crippen molar-refractivity contribution < 1.29 is 14.0 Å². The van der Waals surface area contributed by atoms with Crippen molar-refractivity contribution in [2.24, 2.45) is 0 Å². The number of thioether (sulfide) groups is 1. The van der Waals surface area contributed by atoms with Crippen molar-refractivity contribution >= 4 is 23.6 Å². The van der Waals surface area contributed by atoms with Crippen LogP contribution in [-0.4, -0.2) is 51.3 Å². The summed E-state index contributed by atoms with van der Waals surface area (Å²) in [5.41, 5.74) is 6.05.